The quantitative estimate of drug-likeness (QED) is 0.712. The van der Waals surface area contributed by atoms with Gasteiger partial charge < -0.3 is 0 Å². The fraction of sp³-hybridized carbons (Fsp3) is 1.00. The Labute approximate surface area is 108 Å². The predicted molar refractivity (Wildman–Crippen MR) is 68.4 cm³/mol. The first-order valence-corrected chi connectivity index (χ1v) is 9.48. The van der Waals surface area contributed by atoms with Crippen LogP contribution < -0.4 is 4.72 Å². The largest absolute Gasteiger partial charge is 0.229 e. The monoisotopic (exact) mass is 303 g/mol. The van der Waals surface area contributed by atoms with Crippen molar-refractivity contribution in [2.24, 2.45) is 11.8 Å². The van der Waals surface area contributed by atoms with Gasteiger partial charge >= 0.3 is 0 Å². The Morgan fingerprint density at radius 1 is 1.47 bits per heavy atom. The van der Waals surface area contributed by atoms with Crippen LogP contribution in [0.25, 0.3) is 0 Å². The molecule has 1 saturated heterocycles. The minimum atomic E-state index is -3.35. The summed E-state index contributed by atoms with van der Waals surface area (Å²) in [5, 5.41) is 0. The minimum absolute atomic E-state index is 0.0179. The first-order chi connectivity index (χ1) is 7.74. The van der Waals surface area contributed by atoms with Crippen LogP contribution in [-0.2, 0) is 19.9 Å². The minimum Gasteiger partial charge on any atom is -0.229 e. The van der Waals surface area contributed by atoms with Crippen molar-refractivity contribution >= 4 is 31.5 Å². The first-order valence-electron chi connectivity index (χ1n) is 5.48. The van der Waals surface area contributed by atoms with Gasteiger partial charge in [0.1, 0.15) is 0 Å². The van der Waals surface area contributed by atoms with E-state index in [-0.39, 0.29) is 35.6 Å². The molecular weight excluding hydrogens is 286 g/mol. The topological polar surface area (TPSA) is 80.3 Å². The highest BCUT2D eigenvalue weighted by Crippen LogP contribution is 2.17. The molecule has 17 heavy (non-hydrogen) atoms. The second-order valence-electron chi connectivity index (χ2n) is 4.66. The fourth-order valence-electron chi connectivity index (χ4n) is 1.76. The SMILES string of the molecule is CC(CCl)CS(=O)(=O)NCC1CCS(=O)(=O)C1. The van der Waals surface area contributed by atoms with Crippen LogP contribution in [0.2, 0.25) is 0 Å². The summed E-state index contributed by atoms with van der Waals surface area (Å²) in [7, 11) is -6.29. The van der Waals surface area contributed by atoms with Gasteiger partial charge in [-0.15, -0.1) is 11.6 Å². The molecule has 0 amide bonds. The maximum atomic E-state index is 11.6. The van der Waals surface area contributed by atoms with Crippen molar-refractivity contribution < 1.29 is 16.8 Å². The molecule has 1 aliphatic heterocycles. The molecular formula is C9H18ClNO4S2. The summed E-state index contributed by atoms with van der Waals surface area (Å²) < 4.78 is 48.0. The van der Waals surface area contributed by atoms with E-state index in [0.29, 0.717) is 12.3 Å². The van der Waals surface area contributed by atoms with Crippen molar-refractivity contribution in [3.05, 3.63) is 0 Å². The number of hydrogen-bond donors (Lipinski definition) is 1. The van der Waals surface area contributed by atoms with E-state index in [1.165, 1.54) is 0 Å². The lowest BCUT2D eigenvalue weighted by atomic mass is 10.1. The van der Waals surface area contributed by atoms with Crippen molar-refractivity contribution in [1.82, 2.24) is 4.72 Å². The molecule has 1 N–H and O–H groups in total. The van der Waals surface area contributed by atoms with Gasteiger partial charge in [0.05, 0.1) is 17.3 Å². The number of sulfonamides is 1. The lowest BCUT2D eigenvalue weighted by molar-refractivity contribution is 0.536. The summed E-state index contributed by atoms with van der Waals surface area (Å²) in [6.45, 7) is 1.96. The zero-order chi connectivity index (χ0) is 13.1. The highest BCUT2D eigenvalue weighted by molar-refractivity contribution is 7.91. The summed E-state index contributed by atoms with van der Waals surface area (Å²) in [5.74, 6) is 0.315. The molecule has 0 aromatic rings. The van der Waals surface area contributed by atoms with Gasteiger partial charge in [-0.1, -0.05) is 6.92 Å². The molecule has 5 nitrogen and oxygen atoms in total. The zero-order valence-corrected chi connectivity index (χ0v) is 12.1. The highest BCUT2D eigenvalue weighted by Gasteiger charge is 2.28. The number of hydrogen-bond acceptors (Lipinski definition) is 4. The van der Waals surface area contributed by atoms with Gasteiger partial charge in [-0.05, 0) is 18.3 Å². The standard InChI is InChI=1S/C9H18ClNO4S2/c1-8(4-10)6-17(14,15)11-5-9-2-3-16(12,13)7-9/h8-9,11H,2-7H2,1H3. The predicted octanol–water partition coefficient (Wildman–Crippen LogP) is 0.215. The van der Waals surface area contributed by atoms with E-state index in [1.807, 2.05) is 0 Å². The molecule has 1 fully saturated rings. The van der Waals surface area contributed by atoms with Crippen LogP contribution in [0.1, 0.15) is 13.3 Å². The average molecular weight is 304 g/mol. The van der Waals surface area contributed by atoms with Crippen LogP contribution in [0.5, 0.6) is 0 Å². The van der Waals surface area contributed by atoms with E-state index in [4.69, 9.17) is 11.6 Å². The molecule has 0 saturated carbocycles. The van der Waals surface area contributed by atoms with E-state index in [0.717, 1.165) is 0 Å². The van der Waals surface area contributed by atoms with Crippen LogP contribution in [0.4, 0.5) is 0 Å². The molecule has 0 spiro atoms. The first kappa shape index (κ1) is 15.2. The van der Waals surface area contributed by atoms with E-state index >= 15 is 0 Å². The Morgan fingerprint density at radius 3 is 2.59 bits per heavy atom. The van der Waals surface area contributed by atoms with Crippen molar-refractivity contribution in [2.45, 2.75) is 13.3 Å². The Bertz CT molecular complexity index is 446. The summed E-state index contributed by atoms with van der Waals surface area (Å²) in [4.78, 5) is 0. The van der Waals surface area contributed by atoms with Crippen LogP contribution in [0, 0.1) is 11.8 Å². The maximum Gasteiger partial charge on any atom is 0.211 e. The number of halogens is 1. The number of nitrogens with one attached hydrogen (secondary N) is 1. The fourth-order valence-corrected chi connectivity index (χ4v) is 5.33. The molecule has 2 atom stereocenters. The van der Waals surface area contributed by atoms with Gasteiger partial charge in [0.2, 0.25) is 10.0 Å². The third-order valence-electron chi connectivity index (χ3n) is 2.69. The van der Waals surface area contributed by atoms with E-state index in [1.54, 1.807) is 6.92 Å². The van der Waals surface area contributed by atoms with Crippen LogP contribution >= 0.6 is 11.6 Å². The Balaban J connectivity index is 2.41. The van der Waals surface area contributed by atoms with Crippen LogP contribution in [-0.4, -0.2) is 46.5 Å². The second kappa shape index (κ2) is 5.86. The summed E-state index contributed by atoms with van der Waals surface area (Å²) in [6, 6.07) is 0. The van der Waals surface area contributed by atoms with Gasteiger partial charge in [0, 0.05) is 12.4 Å². The normalized spacial score (nSPS) is 25.9. The molecule has 1 rings (SSSR count). The van der Waals surface area contributed by atoms with Gasteiger partial charge in [-0.2, -0.15) is 0 Å². The molecule has 2 unspecified atom stereocenters. The smallest absolute Gasteiger partial charge is 0.211 e. The van der Waals surface area contributed by atoms with E-state index in [9.17, 15) is 16.8 Å². The number of alkyl halides is 1. The average Bonchev–Trinajstić information content (AvgIpc) is 2.55. The number of sulfone groups is 1. The van der Waals surface area contributed by atoms with Gasteiger partial charge in [0.25, 0.3) is 0 Å². The van der Waals surface area contributed by atoms with Crippen molar-refractivity contribution in [3.8, 4) is 0 Å². The second-order valence-corrected chi connectivity index (χ2v) is 9.05. The third-order valence-corrected chi connectivity index (χ3v) is 6.66. The molecule has 0 radical (unpaired) electrons. The maximum absolute atomic E-state index is 11.6. The molecule has 0 aromatic carbocycles. The lowest BCUT2D eigenvalue weighted by Gasteiger charge is -2.12. The summed E-state index contributed by atoms with van der Waals surface area (Å²) in [6.07, 6.45) is 0.538. The molecule has 102 valence electrons. The zero-order valence-electron chi connectivity index (χ0n) is 9.72. The molecule has 8 heteroatoms. The van der Waals surface area contributed by atoms with Crippen molar-refractivity contribution in [2.75, 3.05) is 29.7 Å². The summed E-state index contributed by atoms with van der Waals surface area (Å²) >= 11 is 5.55. The van der Waals surface area contributed by atoms with E-state index in [2.05, 4.69) is 4.72 Å². The molecule has 1 aliphatic rings. The molecule has 0 aromatic heterocycles. The van der Waals surface area contributed by atoms with Crippen LogP contribution in [0.3, 0.4) is 0 Å². The third kappa shape index (κ3) is 5.54. The Morgan fingerprint density at radius 2 is 2.12 bits per heavy atom. The highest BCUT2D eigenvalue weighted by atomic mass is 35.5. The lowest BCUT2D eigenvalue weighted by Crippen LogP contribution is -2.33. The van der Waals surface area contributed by atoms with Crippen molar-refractivity contribution in [1.29, 1.82) is 0 Å². The Kier molecular flexibility index (Phi) is 5.24. The summed E-state index contributed by atoms with van der Waals surface area (Å²) in [5.41, 5.74) is 0. The van der Waals surface area contributed by atoms with E-state index < -0.39 is 19.9 Å². The van der Waals surface area contributed by atoms with Gasteiger partial charge in [-0.3, -0.25) is 0 Å². The van der Waals surface area contributed by atoms with Gasteiger partial charge in [-0.25, -0.2) is 21.6 Å². The van der Waals surface area contributed by atoms with Crippen molar-refractivity contribution in [3.63, 3.8) is 0 Å². The number of rotatable bonds is 6. The molecule has 0 aliphatic carbocycles. The van der Waals surface area contributed by atoms with Gasteiger partial charge in [0.15, 0.2) is 9.84 Å². The molecule has 1 heterocycles. The van der Waals surface area contributed by atoms with Crippen LogP contribution in [0.15, 0.2) is 0 Å². The molecule has 0 bridgehead atoms. The Hall–Kier alpha value is 0.150.